The highest BCUT2D eigenvalue weighted by molar-refractivity contribution is 9.10. The van der Waals surface area contributed by atoms with E-state index in [0.717, 1.165) is 33.8 Å². The predicted octanol–water partition coefficient (Wildman–Crippen LogP) is 6.81. The van der Waals surface area contributed by atoms with Gasteiger partial charge in [-0.05, 0) is 41.5 Å². The molecular formula is C26H18BrF2NO2. The standard InChI is InChI=1S/C26H18BrF2NO2/c1-32-26-23(13-19(15-30-26)16-7-9-20(27)10-8-16)24(17-5-3-2-4-6-17)25(31)18-11-21(28)14-22(29)12-18/h2-15,24H,1H3. The Bertz CT molecular complexity index is 1240. The first-order chi connectivity index (χ1) is 15.5. The lowest BCUT2D eigenvalue weighted by molar-refractivity contribution is 0.0971. The maximum atomic E-state index is 13.9. The number of carbonyl (C=O) groups is 1. The summed E-state index contributed by atoms with van der Waals surface area (Å²) in [5.41, 5.74) is 2.80. The number of hydrogen-bond acceptors (Lipinski definition) is 3. The molecule has 0 saturated carbocycles. The molecule has 4 aromatic rings. The summed E-state index contributed by atoms with van der Waals surface area (Å²) in [5, 5.41) is 0. The first kappa shape index (κ1) is 21.8. The van der Waals surface area contributed by atoms with Crippen LogP contribution >= 0.6 is 15.9 Å². The fourth-order valence-corrected chi connectivity index (χ4v) is 3.89. The van der Waals surface area contributed by atoms with Crippen LogP contribution in [0, 0.1) is 11.6 Å². The number of ether oxygens (including phenoxy) is 1. The van der Waals surface area contributed by atoms with E-state index in [-0.39, 0.29) is 11.4 Å². The van der Waals surface area contributed by atoms with Crippen LogP contribution in [0.4, 0.5) is 8.78 Å². The summed E-state index contributed by atoms with van der Waals surface area (Å²) in [6.45, 7) is 0. The predicted molar refractivity (Wildman–Crippen MR) is 123 cm³/mol. The van der Waals surface area contributed by atoms with E-state index in [1.54, 1.807) is 30.5 Å². The SMILES string of the molecule is COc1ncc(-c2ccc(Br)cc2)cc1C(C(=O)c1cc(F)cc(F)c1)c1ccccc1. The second-order valence-corrected chi connectivity index (χ2v) is 8.11. The average molecular weight is 494 g/mol. The summed E-state index contributed by atoms with van der Waals surface area (Å²) in [4.78, 5) is 18.0. The molecule has 0 aliphatic carbocycles. The van der Waals surface area contributed by atoms with Gasteiger partial charge < -0.3 is 4.74 Å². The van der Waals surface area contributed by atoms with Gasteiger partial charge in [-0.15, -0.1) is 0 Å². The maximum absolute atomic E-state index is 13.9. The van der Waals surface area contributed by atoms with Gasteiger partial charge in [-0.2, -0.15) is 0 Å². The molecule has 0 saturated heterocycles. The molecule has 0 amide bonds. The van der Waals surface area contributed by atoms with Crippen molar-refractivity contribution in [3.05, 3.63) is 118 Å². The fraction of sp³-hybridized carbons (Fsp3) is 0.0769. The Morgan fingerprint density at radius 1 is 0.906 bits per heavy atom. The van der Waals surface area contributed by atoms with Crippen LogP contribution in [-0.2, 0) is 0 Å². The largest absolute Gasteiger partial charge is 0.481 e. The average Bonchev–Trinajstić information content (AvgIpc) is 2.80. The summed E-state index contributed by atoms with van der Waals surface area (Å²) < 4.78 is 34.2. The molecule has 0 bridgehead atoms. The zero-order valence-electron chi connectivity index (χ0n) is 17.1. The zero-order valence-corrected chi connectivity index (χ0v) is 18.6. The Morgan fingerprint density at radius 3 is 2.19 bits per heavy atom. The molecule has 32 heavy (non-hydrogen) atoms. The Hall–Kier alpha value is -3.38. The van der Waals surface area contributed by atoms with E-state index in [2.05, 4.69) is 20.9 Å². The van der Waals surface area contributed by atoms with E-state index in [0.29, 0.717) is 11.1 Å². The molecule has 1 atom stereocenters. The smallest absolute Gasteiger partial charge is 0.217 e. The molecule has 1 heterocycles. The van der Waals surface area contributed by atoms with Crippen LogP contribution in [-0.4, -0.2) is 17.9 Å². The number of ketones is 1. The van der Waals surface area contributed by atoms with Crippen LogP contribution in [0.3, 0.4) is 0 Å². The van der Waals surface area contributed by atoms with Gasteiger partial charge in [-0.3, -0.25) is 4.79 Å². The lowest BCUT2D eigenvalue weighted by Gasteiger charge is -2.20. The molecule has 160 valence electrons. The molecule has 6 heteroatoms. The number of Topliss-reactive ketones (excluding diaryl/α,β-unsaturated/α-hetero) is 1. The molecule has 0 N–H and O–H groups in total. The van der Waals surface area contributed by atoms with Crippen LogP contribution in [0.5, 0.6) is 5.88 Å². The normalized spacial score (nSPS) is 11.8. The number of pyridine rings is 1. The van der Waals surface area contributed by atoms with Crippen molar-refractivity contribution < 1.29 is 18.3 Å². The second-order valence-electron chi connectivity index (χ2n) is 7.20. The number of carbonyl (C=O) groups excluding carboxylic acids is 1. The van der Waals surface area contributed by atoms with E-state index >= 15 is 0 Å². The first-order valence-electron chi connectivity index (χ1n) is 9.81. The van der Waals surface area contributed by atoms with Crippen LogP contribution in [0.2, 0.25) is 0 Å². The summed E-state index contributed by atoms with van der Waals surface area (Å²) in [7, 11) is 1.47. The maximum Gasteiger partial charge on any atom is 0.217 e. The van der Waals surface area contributed by atoms with E-state index in [4.69, 9.17) is 4.74 Å². The molecule has 4 rings (SSSR count). The molecule has 3 aromatic carbocycles. The van der Waals surface area contributed by atoms with Gasteiger partial charge in [0.25, 0.3) is 0 Å². The molecule has 0 aliphatic rings. The number of hydrogen-bond donors (Lipinski definition) is 0. The Kier molecular flexibility index (Phi) is 6.42. The van der Waals surface area contributed by atoms with Crippen molar-refractivity contribution in [3.63, 3.8) is 0 Å². The van der Waals surface area contributed by atoms with Gasteiger partial charge in [0.05, 0.1) is 13.0 Å². The third-order valence-corrected chi connectivity index (χ3v) is 5.63. The third-order valence-electron chi connectivity index (χ3n) is 5.10. The summed E-state index contributed by atoms with van der Waals surface area (Å²) in [5.74, 6) is -2.68. The van der Waals surface area contributed by atoms with Crippen molar-refractivity contribution in [2.45, 2.75) is 5.92 Å². The third kappa shape index (κ3) is 4.60. The minimum atomic E-state index is -0.866. The Morgan fingerprint density at radius 2 is 1.56 bits per heavy atom. The molecule has 0 aliphatic heterocycles. The molecule has 0 radical (unpaired) electrons. The first-order valence-corrected chi connectivity index (χ1v) is 10.6. The fourth-order valence-electron chi connectivity index (χ4n) is 3.63. The van der Waals surface area contributed by atoms with Gasteiger partial charge in [-0.25, -0.2) is 13.8 Å². The number of halogens is 3. The van der Waals surface area contributed by atoms with E-state index in [9.17, 15) is 13.6 Å². The van der Waals surface area contributed by atoms with Crippen molar-refractivity contribution >= 4 is 21.7 Å². The quantitative estimate of drug-likeness (QED) is 0.277. The van der Waals surface area contributed by atoms with Crippen molar-refractivity contribution in [1.29, 1.82) is 0 Å². The van der Waals surface area contributed by atoms with Crippen molar-refractivity contribution in [3.8, 4) is 17.0 Å². The van der Waals surface area contributed by atoms with Gasteiger partial charge >= 0.3 is 0 Å². The topological polar surface area (TPSA) is 39.2 Å². The van der Waals surface area contributed by atoms with Gasteiger partial charge in [0.1, 0.15) is 11.6 Å². The number of aromatic nitrogens is 1. The number of methoxy groups -OCH3 is 1. The number of benzene rings is 3. The molecule has 0 fully saturated rings. The minimum absolute atomic E-state index is 0.0625. The summed E-state index contributed by atoms with van der Waals surface area (Å²) in [6.07, 6.45) is 1.67. The molecule has 1 aromatic heterocycles. The van der Waals surface area contributed by atoms with Gasteiger partial charge in [0.2, 0.25) is 5.88 Å². The van der Waals surface area contributed by atoms with Crippen LogP contribution in [0.25, 0.3) is 11.1 Å². The number of nitrogens with zero attached hydrogens (tertiary/aromatic N) is 1. The molecular weight excluding hydrogens is 476 g/mol. The minimum Gasteiger partial charge on any atom is -0.481 e. The van der Waals surface area contributed by atoms with E-state index in [1.165, 1.54) is 7.11 Å². The van der Waals surface area contributed by atoms with Gasteiger partial charge in [-0.1, -0.05) is 58.4 Å². The monoisotopic (exact) mass is 493 g/mol. The highest BCUT2D eigenvalue weighted by atomic mass is 79.9. The van der Waals surface area contributed by atoms with E-state index < -0.39 is 23.3 Å². The van der Waals surface area contributed by atoms with Crippen molar-refractivity contribution in [1.82, 2.24) is 4.98 Å². The molecule has 3 nitrogen and oxygen atoms in total. The van der Waals surface area contributed by atoms with Crippen LogP contribution in [0.15, 0.2) is 89.5 Å². The Balaban J connectivity index is 1.90. The van der Waals surface area contributed by atoms with Gasteiger partial charge in [0, 0.05) is 33.4 Å². The lowest BCUT2D eigenvalue weighted by Crippen LogP contribution is -2.16. The Labute approximate surface area is 192 Å². The van der Waals surface area contributed by atoms with E-state index in [1.807, 2.05) is 36.4 Å². The van der Waals surface area contributed by atoms with Crippen LogP contribution < -0.4 is 4.74 Å². The summed E-state index contributed by atoms with van der Waals surface area (Å²) in [6, 6.07) is 21.4. The van der Waals surface area contributed by atoms with Crippen molar-refractivity contribution in [2.75, 3.05) is 7.11 Å². The number of rotatable bonds is 6. The van der Waals surface area contributed by atoms with Crippen molar-refractivity contribution in [2.24, 2.45) is 0 Å². The highest BCUT2D eigenvalue weighted by Crippen LogP contribution is 2.36. The lowest BCUT2D eigenvalue weighted by atomic mass is 9.84. The van der Waals surface area contributed by atoms with Crippen LogP contribution in [0.1, 0.15) is 27.4 Å². The molecule has 1 unspecified atom stereocenters. The van der Waals surface area contributed by atoms with Gasteiger partial charge in [0.15, 0.2) is 5.78 Å². The second kappa shape index (κ2) is 9.40. The molecule has 0 spiro atoms. The zero-order chi connectivity index (χ0) is 22.7. The highest BCUT2D eigenvalue weighted by Gasteiger charge is 2.29. The summed E-state index contributed by atoms with van der Waals surface area (Å²) >= 11 is 3.42.